The zero-order valence-electron chi connectivity index (χ0n) is 32.9. The van der Waals surface area contributed by atoms with Crippen LogP contribution in [0.4, 0.5) is 11.4 Å². The van der Waals surface area contributed by atoms with Crippen LogP contribution in [-0.4, -0.2) is 15.3 Å². The third-order valence-electron chi connectivity index (χ3n) is 8.84. The van der Waals surface area contributed by atoms with Gasteiger partial charge in [-0.1, -0.05) is 131 Å². The number of fused-ring (bicyclic) bond motifs is 2. The minimum atomic E-state index is 0. The summed E-state index contributed by atoms with van der Waals surface area (Å²) in [5, 5.41) is 0. The Morgan fingerprint density at radius 1 is 0.540 bits per heavy atom. The predicted octanol–water partition coefficient (Wildman–Crippen LogP) is 5.80. The van der Waals surface area contributed by atoms with E-state index in [0.717, 1.165) is 0 Å². The van der Waals surface area contributed by atoms with Crippen molar-refractivity contribution in [2.75, 3.05) is 9.80 Å². The van der Waals surface area contributed by atoms with E-state index in [0.29, 0.717) is 12.1 Å². The molecule has 0 amide bonds. The van der Waals surface area contributed by atoms with Crippen LogP contribution in [0.1, 0.15) is 96.9 Å². The summed E-state index contributed by atoms with van der Waals surface area (Å²) in [7, 11) is 0. The van der Waals surface area contributed by atoms with Gasteiger partial charge < -0.3 is 34.6 Å². The molecule has 50 heavy (non-hydrogen) atoms. The molecule has 2 aromatic rings. The molecule has 2 atom stereocenters. The van der Waals surface area contributed by atoms with Crippen molar-refractivity contribution in [3.05, 3.63) is 131 Å². The molecule has 4 aliphatic rings. The van der Waals surface area contributed by atoms with Crippen molar-refractivity contribution in [3.63, 3.8) is 0 Å². The topological polar surface area (TPSA) is 6.48 Å². The minimum Gasteiger partial charge on any atom is -1.00 e. The SMILES string of the molecule is CC(C)(C)C1=[C-]C2=CC(C(C)(C)C)N(c3ccccc3)C2=C1.CC(C)(C)C1=[C-]C2=CC(C(C)(C)C)N(c3ccccc3)C2=C1.C[C](C)=[Zr+2].[Cl-].[Cl-]. The van der Waals surface area contributed by atoms with Crippen LogP contribution < -0.4 is 34.6 Å². The summed E-state index contributed by atoms with van der Waals surface area (Å²) in [5.74, 6) is 0. The molecule has 0 N–H and O–H groups in total. The van der Waals surface area contributed by atoms with Gasteiger partial charge in [-0.25, -0.2) is 0 Å². The fourth-order valence-electron chi connectivity index (χ4n) is 6.20. The zero-order chi connectivity index (χ0) is 35.8. The molecule has 6 rings (SSSR count). The van der Waals surface area contributed by atoms with Crippen LogP contribution in [0.2, 0.25) is 0 Å². The van der Waals surface area contributed by atoms with Crippen LogP contribution >= 0.6 is 0 Å². The number of benzene rings is 2. The van der Waals surface area contributed by atoms with Crippen molar-refractivity contribution in [1.29, 1.82) is 0 Å². The van der Waals surface area contributed by atoms with Crippen LogP contribution in [-0.2, 0) is 24.2 Å². The van der Waals surface area contributed by atoms with Gasteiger partial charge in [-0.05, 0) is 45.9 Å². The molecule has 0 aromatic heterocycles. The maximum atomic E-state index is 3.64. The molecule has 0 saturated carbocycles. The van der Waals surface area contributed by atoms with Crippen molar-refractivity contribution in [2.24, 2.45) is 21.7 Å². The van der Waals surface area contributed by atoms with Crippen molar-refractivity contribution in [1.82, 2.24) is 0 Å². The Balaban J connectivity index is 0.000000303. The molecular weight excluding hydrogens is 731 g/mol. The Morgan fingerprint density at radius 2 is 0.820 bits per heavy atom. The van der Waals surface area contributed by atoms with Crippen LogP contribution in [0.3, 0.4) is 0 Å². The van der Waals surface area contributed by atoms with Crippen molar-refractivity contribution in [2.45, 2.75) is 109 Å². The Morgan fingerprint density at radius 3 is 1.06 bits per heavy atom. The van der Waals surface area contributed by atoms with E-state index < -0.39 is 0 Å². The Hall–Kier alpha value is -2.19. The van der Waals surface area contributed by atoms with Gasteiger partial charge in [0.15, 0.2) is 0 Å². The van der Waals surface area contributed by atoms with Gasteiger partial charge in [-0.2, -0.15) is 0 Å². The molecule has 2 unspecified atom stereocenters. The van der Waals surface area contributed by atoms with Gasteiger partial charge in [-0.3, -0.25) is 0 Å². The molecule has 0 fully saturated rings. The third-order valence-corrected chi connectivity index (χ3v) is 8.84. The fourth-order valence-corrected chi connectivity index (χ4v) is 6.20. The molecule has 2 aromatic carbocycles. The standard InChI is InChI=1S/2C21H26N.C3H6.2ClH.Zr/c2*1-20(2,3)16-12-15-13-19(21(4,5)6)22(18(15)14-16)17-10-8-7-9-11-17;1-3-2;;;/h2*7-11,13-14,19H,1-6H3;1-2H3;2*1H;/q2*-1;;;;+2/p-2. The van der Waals surface area contributed by atoms with E-state index in [-0.39, 0.29) is 46.5 Å². The van der Waals surface area contributed by atoms with Crippen molar-refractivity contribution < 1.29 is 49.0 Å². The molecule has 5 heteroatoms. The summed E-state index contributed by atoms with van der Waals surface area (Å²) in [6, 6.07) is 22.1. The molecule has 2 aliphatic carbocycles. The summed E-state index contributed by atoms with van der Waals surface area (Å²) < 4.78 is 1.51. The second-order valence-electron chi connectivity index (χ2n) is 17.8. The van der Waals surface area contributed by atoms with Gasteiger partial charge in [0.1, 0.15) is 0 Å². The largest absolute Gasteiger partial charge is 1.00 e. The first-order chi connectivity index (χ1) is 22.1. The van der Waals surface area contributed by atoms with Crippen molar-refractivity contribution >= 4 is 14.6 Å². The van der Waals surface area contributed by atoms with E-state index in [1.54, 1.807) is 24.2 Å². The van der Waals surface area contributed by atoms with Crippen molar-refractivity contribution in [3.8, 4) is 0 Å². The maximum Gasteiger partial charge on any atom is -1.00 e. The number of allylic oxidation sites excluding steroid dienone is 6. The quantitative estimate of drug-likeness (QED) is 0.356. The average Bonchev–Trinajstić information content (AvgIpc) is 3.71. The number of hydrogen-bond donors (Lipinski definition) is 0. The third kappa shape index (κ3) is 10.5. The maximum absolute atomic E-state index is 3.64. The Kier molecular flexibility index (Phi) is 14.6. The monoisotopic (exact) mass is 786 g/mol. The summed E-state index contributed by atoms with van der Waals surface area (Å²) in [5.41, 5.74) is 10.9. The normalized spacial score (nSPS) is 19.4. The first-order valence-electron chi connectivity index (χ1n) is 17.5. The molecule has 2 heterocycles. The number of rotatable bonds is 2. The van der Waals surface area contributed by atoms with E-state index in [1.165, 1.54) is 48.3 Å². The number of nitrogens with zero attached hydrogens (tertiary/aromatic N) is 2. The van der Waals surface area contributed by atoms with Crippen LogP contribution in [0.25, 0.3) is 0 Å². The van der Waals surface area contributed by atoms with E-state index >= 15 is 0 Å². The van der Waals surface area contributed by atoms with Gasteiger partial charge in [0.05, 0.1) is 0 Å². The van der Waals surface area contributed by atoms with Gasteiger partial charge >= 0.3 is 41.3 Å². The smallest absolute Gasteiger partial charge is 1.00 e. The number of hydrogen-bond acceptors (Lipinski definition) is 2. The minimum absolute atomic E-state index is 0. The molecule has 0 bridgehead atoms. The summed E-state index contributed by atoms with van der Waals surface area (Å²) in [6.45, 7) is 31.6. The summed E-state index contributed by atoms with van der Waals surface area (Å²) in [4.78, 5) is 4.95. The molecule has 0 spiro atoms. The Bertz CT molecular complexity index is 1550. The van der Waals surface area contributed by atoms with Gasteiger partial charge in [-0.15, -0.1) is 58.7 Å². The number of halogens is 2. The molecule has 0 radical (unpaired) electrons. The molecule has 0 saturated heterocycles. The fraction of sp³-hybridized carbons (Fsp3) is 0.444. The van der Waals surface area contributed by atoms with Crippen LogP contribution in [0.5, 0.6) is 0 Å². The van der Waals surface area contributed by atoms with Gasteiger partial charge in [0.2, 0.25) is 0 Å². The summed E-state index contributed by atoms with van der Waals surface area (Å²) in [6.07, 6.45) is 16.7. The van der Waals surface area contributed by atoms with Crippen LogP contribution in [0, 0.1) is 33.8 Å². The van der Waals surface area contributed by atoms with Gasteiger partial charge in [0.25, 0.3) is 0 Å². The van der Waals surface area contributed by atoms with Crippen LogP contribution in [0.15, 0.2) is 119 Å². The molecule has 2 aliphatic heterocycles. The molecule has 268 valence electrons. The molecule has 2 nitrogen and oxygen atoms in total. The first-order valence-corrected chi connectivity index (χ1v) is 18.7. The molecular formula is C45H58Cl2N2Zr-2. The zero-order valence-corrected chi connectivity index (χ0v) is 36.9. The number of anilines is 2. The van der Waals surface area contributed by atoms with Gasteiger partial charge in [0, 0.05) is 23.5 Å². The predicted molar refractivity (Wildman–Crippen MR) is 205 cm³/mol. The van der Waals surface area contributed by atoms with E-state index in [9.17, 15) is 0 Å². The van der Waals surface area contributed by atoms with E-state index in [1.807, 2.05) is 0 Å². The average molecular weight is 789 g/mol. The second kappa shape index (κ2) is 16.7. The second-order valence-corrected chi connectivity index (χ2v) is 20.3. The first kappa shape index (κ1) is 44.0. The number of para-hydroxylation sites is 2. The summed E-state index contributed by atoms with van der Waals surface area (Å²) >= 11 is 1.55. The Labute approximate surface area is 332 Å². The van der Waals surface area contributed by atoms with E-state index in [2.05, 4.69) is 204 Å². The van der Waals surface area contributed by atoms with E-state index in [4.69, 9.17) is 0 Å².